The molecule has 0 radical (unpaired) electrons. The van der Waals surface area contributed by atoms with E-state index in [1.165, 1.54) is 0 Å². The van der Waals surface area contributed by atoms with Gasteiger partial charge in [0.15, 0.2) is 0 Å². The van der Waals surface area contributed by atoms with E-state index in [9.17, 15) is 0 Å². The summed E-state index contributed by atoms with van der Waals surface area (Å²) in [4.78, 5) is 4.44. The Morgan fingerprint density at radius 1 is 1.29 bits per heavy atom. The van der Waals surface area contributed by atoms with Gasteiger partial charge in [0.05, 0.1) is 5.60 Å². The molecule has 0 aliphatic rings. The van der Waals surface area contributed by atoms with E-state index in [2.05, 4.69) is 4.84 Å². The van der Waals surface area contributed by atoms with Gasteiger partial charge < -0.3 is 5.48 Å². The van der Waals surface area contributed by atoms with Gasteiger partial charge in [-0.15, -0.1) is 0 Å². The molecular weight excluding hydrogens is 94.0 g/mol. The van der Waals surface area contributed by atoms with E-state index < -0.39 is 0 Å². The molecule has 0 spiro atoms. The normalized spacial score (nSPS) is 10.3. The van der Waals surface area contributed by atoms with Gasteiger partial charge >= 0.3 is 0 Å². The van der Waals surface area contributed by atoms with Crippen LogP contribution in [0.25, 0.3) is 0 Å². The number of nitrogens with two attached hydrogens (primary N) is 1. The van der Waals surface area contributed by atoms with Crippen molar-refractivity contribution in [2.75, 3.05) is 0 Å². The van der Waals surface area contributed by atoms with Crippen molar-refractivity contribution in [3.8, 4) is 0 Å². The molecule has 0 unspecified atom stereocenters. The average molecular weight is 107 g/mol. The SMILES string of the molecule is CC(C)(C)ON.O. The monoisotopic (exact) mass is 107 g/mol. The second kappa shape index (κ2) is 2.96. The lowest BCUT2D eigenvalue weighted by molar-refractivity contribution is -0.00428. The van der Waals surface area contributed by atoms with Gasteiger partial charge in [0.2, 0.25) is 0 Å². The minimum atomic E-state index is -0.181. The van der Waals surface area contributed by atoms with Gasteiger partial charge in [-0.3, -0.25) is 4.84 Å². The first kappa shape index (κ1) is 9.99. The quantitative estimate of drug-likeness (QED) is 0.437. The number of hydrogen-bond acceptors (Lipinski definition) is 2. The van der Waals surface area contributed by atoms with Crippen LogP contribution in [0.5, 0.6) is 0 Å². The van der Waals surface area contributed by atoms with Crippen LogP contribution in [0.4, 0.5) is 0 Å². The first-order chi connectivity index (χ1) is 2.56. The molecule has 3 nitrogen and oxygen atoms in total. The maximum Gasteiger partial charge on any atom is 0.0810 e. The van der Waals surface area contributed by atoms with Gasteiger partial charge in [-0.2, -0.15) is 0 Å². The zero-order chi connectivity index (χ0) is 5.21. The highest BCUT2D eigenvalue weighted by Gasteiger charge is 2.05. The number of hydrogen-bond donors (Lipinski definition) is 1. The van der Waals surface area contributed by atoms with Crippen molar-refractivity contribution in [2.24, 2.45) is 5.90 Å². The molecule has 0 atom stereocenters. The van der Waals surface area contributed by atoms with E-state index >= 15 is 0 Å². The van der Waals surface area contributed by atoms with Crippen molar-refractivity contribution in [1.29, 1.82) is 0 Å². The van der Waals surface area contributed by atoms with Crippen molar-refractivity contribution < 1.29 is 10.3 Å². The van der Waals surface area contributed by atoms with E-state index in [0.717, 1.165) is 0 Å². The van der Waals surface area contributed by atoms with Gasteiger partial charge in [0.25, 0.3) is 0 Å². The maximum atomic E-state index is 4.81. The van der Waals surface area contributed by atoms with Crippen LogP contribution >= 0.6 is 0 Å². The molecule has 3 heteroatoms. The van der Waals surface area contributed by atoms with Crippen molar-refractivity contribution in [1.82, 2.24) is 0 Å². The van der Waals surface area contributed by atoms with E-state index in [1.807, 2.05) is 20.8 Å². The number of rotatable bonds is 0. The van der Waals surface area contributed by atoms with E-state index in [-0.39, 0.29) is 11.1 Å². The summed E-state index contributed by atoms with van der Waals surface area (Å²) in [5, 5.41) is 0. The van der Waals surface area contributed by atoms with E-state index in [1.54, 1.807) is 0 Å². The zero-order valence-corrected chi connectivity index (χ0v) is 4.99. The van der Waals surface area contributed by atoms with Crippen LogP contribution in [-0.4, -0.2) is 11.1 Å². The standard InChI is InChI=1S/C4H11NO.H2O/c1-4(2,3)6-5;/h5H2,1-3H3;1H2. The third kappa shape index (κ3) is 10.7. The Bertz CT molecular complexity index is 39.4. The predicted molar refractivity (Wildman–Crippen MR) is 28.6 cm³/mol. The topological polar surface area (TPSA) is 66.8 Å². The minimum absolute atomic E-state index is 0. The van der Waals surface area contributed by atoms with Crippen LogP contribution < -0.4 is 5.90 Å². The first-order valence-corrected chi connectivity index (χ1v) is 1.94. The third-order valence-corrected chi connectivity index (χ3v) is 0.354. The summed E-state index contributed by atoms with van der Waals surface area (Å²) in [7, 11) is 0. The van der Waals surface area contributed by atoms with Gasteiger partial charge in [-0.05, 0) is 20.8 Å². The molecule has 7 heavy (non-hydrogen) atoms. The highest BCUT2D eigenvalue weighted by molar-refractivity contribution is 4.54. The van der Waals surface area contributed by atoms with Gasteiger partial charge in [-0.25, -0.2) is 5.90 Å². The Morgan fingerprint density at radius 3 is 1.43 bits per heavy atom. The van der Waals surface area contributed by atoms with Crippen molar-refractivity contribution in [2.45, 2.75) is 26.4 Å². The minimum Gasteiger partial charge on any atom is -0.412 e. The molecule has 0 amide bonds. The van der Waals surface area contributed by atoms with Crippen LogP contribution in [0.2, 0.25) is 0 Å². The Hall–Kier alpha value is -0.120. The molecular formula is C4H13NO2. The summed E-state index contributed by atoms with van der Waals surface area (Å²) in [6, 6.07) is 0. The average Bonchev–Trinajstić information content (AvgIpc) is 1.35. The fraction of sp³-hybridized carbons (Fsp3) is 1.00. The van der Waals surface area contributed by atoms with E-state index in [0.29, 0.717) is 0 Å². The van der Waals surface area contributed by atoms with Gasteiger partial charge in [0, 0.05) is 0 Å². The second-order valence-electron chi connectivity index (χ2n) is 2.23. The van der Waals surface area contributed by atoms with Crippen LogP contribution in [0, 0.1) is 0 Å². The predicted octanol–water partition coefficient (Wildman–Crippen LogP) is -0.149. The molecule has 0 aromatic rings. The Morgan fingerprint density at radius 2 is 1.43 bits per heavy atom. The molecule has 0 fully saturated rings. The lowest BCUT2D eigenvalue weighted by atomic mass is 10.2. The van der Waals surface area contributed by atoms with Gasteiger partial charge in [-0.1, -0.05) is 0 Å². The second-order valence-corrected chi connectivity index (χ2v) is 2.23. The Balaban J connectivity index is 0. The zero-order valence-electron chi connectivity index (χ0n) is 4.99. The fourth-order valence-electron chi connectivity index (χ4n) is 0. The van der Waals surface area contributed by atoms with Crippen LogP contribution in [0.3, 0.4) is 0 Å². The summed E-state index contributed by atoms with van der Waals surface area (Å²) in [5.41, 5.74) is -0.181. The third-order valence-electron chi connectivity index (χ3n) is 0.354. The highest BCUT2D eigenvalue weighted by atomic mass is 16.6. The summed E-state index contributed by atoms with van der Waals surface area (Å²) < 4.78 is 0. The summed E-state index contributed by atoms with van der Waals surface area (Å²) in [6.45, 7) is 5.69. The molecule has 0 saturated heterocycles. The van der Waals surface area contributed by atoms with Crippen molar-refractivity contribution in [3.05, 3.63) is 0 Å². The van der Waals surface area contributed by atoms with Crippen molar-refractivity contribution >= 4 is 0 Å². The molecule has 0 aliphatic carbocycles. The molecule has 0 aromatic heterocycles. The lowest BCUT2D eigenvalue weighted by Gasteiger charge is -2.12. The van der Waals surface area contributed by atoms with Crippen LogP contribution in [0.15, 0.2) is 0 Å². The molecule has 0 rings (SSSR count). The Kier molecular flexibility index (Phi) is 4.22. The fourth-order valence-corrected chi connectivity index (χ4v) is 0. The van der Waals surface area contributed by atoms with Crippen LogP contribution in [-0.2, 0) is 4.84 Å². The van der Waals surface area contributed by atoms with Crippen molar-refractivity contribution in [3.63, 3.8) is 0 Å². The molecule has 46 valence electrons. The first-order valence-electron chi connectivity index (χ1n) is 1.94. The summed E-state index contributed by atoms with van der Waals surface area (Å²) >= 11 is 0. The Labute approximate surface area is 43.7 Å². The molecule has 0 aromatic carbocycles. The summed E-state index contributed by atoms with van der Waals surface area (Å²) in [5.74, 6) is 4.81. The molecule has 0 aliphatic heterocycles. The van der Waals surface area contributed by atoms with Gasteiger partial charge in [0.1, 0.15) is 0 Å². The molecule has 0 saturated carbocycles. The van der Waals surface area contributed by atoms with E-state index in [4.69, 9.17) is 5.90 Å². The van der Waals surface area contributed by atoms with Crippen LogP contribution in [0.1, 0.15) is 20.8 Å². The lowest BCUT2D eigenvalue weighted by Crippen LogP contribution is -2.22. The largest absolute Gasteiger partial charge is 0.412 e. The molecule has 4 N–H and O–H groups in total. The summed E-state index contributed by atoms with van der Waals surface area (Å²) in [6.07, 6.45) is 0. The molecule has 0 bridgehead atoms. The maximum absolute atomic E-state index is 4.81. The smallest absolute Gasteiger partial charge is 0.0810 e. The molecule has 0 heterocycles. The highest BCUT2D eigenvalue weighted by Crippen LogP contribution is 2.00.